The maximum Gasteiger partial charge on any atom is 0.408 e. The summed E-state index contributed by atoms with van der Waals surface area (Å²) >= 11 is 0. The Kier molecular flexibility index (Phi) is 8.94. The smallest absolute Gasteiger partial charge is 0.408 e. The normalized spacial score (nSPS) is 18.1. The molecule has 2 amide bonds. The predicted octanol–water partition coefficient (Wildman–Crippen LogP) is 3.50. The number of ketones is 1. The predicted molar refractivity (Wildman–Crippen MR) is 130 cm³/mol. The number of rotatable bonds is 9. The summed E-state index contributed by atoms with van der Waals surface area (Å²) in [6.45, 7) is 11.6. The first-order chi connectivity index (χ1) is 16.1. The summed E-state index contributed by atoms with van der Waals surface area (Å²) in [5, 5.41) is 2.64. The molecule has 2 aliphatic rings. The van der Waals surface area contributed by atoms with Crippen molar-refractivity contribution in [1.29, 1.82) is 0 Å². The van der Waals surface area contributed by atoms with Gasteiger partial charge in [-0.25, -0.2) is 4.79 Å². The number of hydrogen-bond acceptors (Lipinski definition) is 6. The zero-order chi connectivity index (χ0) is 24.7. The fourth-order valence-electron chi connectivity index (χ4n) is 4.01. The highest BCUT2D eigenvalue weighted by atomic mass is 16.6. The molecule has 1 saturated carbocycles. The molecule has 3 rings (SSSR count). The number of amides is 2. The van der Waals surface area contributed by atoms with Gasteiger partial charge in [0.1, 0.15) is 17.4 Å². The van der Waals surface area contributed by atoms with E-state index in [2.05, 4.69) is 10.2 Å². The Morgan fingerprint density at radius 3 is 2.41 bits per heavy atom. The number of carbonyl (C=O) groups excluding carboxylic acids is 3. The van der Waals surface area contributed by atoms with Gasteiger partial charge in [0.15, 0.2) is 5.78 Å². The van der Waals surface area contributed by atoms with Crippen molar-refractivity contribution in [2.75, 3.05) is 39.3 Å². The summed E-state index contributed by atoms with van der Waals surface area (Å²) in [5.41, 5.74) is 0.173. The summed E-state index contributed by atoms with van der Waals surface area (Å²) in [5.74, 6) is 1.18. The Balaban J connectivity index is 1.34. The van der Waals surface area contributed by atoms with E-state index in [0.29, 0.717) is 19.7 Å². The van der Waals surface area contributed by atoms with Crippen molar-refractivity contribution in [1.82, 2.24) is 15.1 Å². The van der Waals surface area contributed by atoms with E-state index >= 15 is 0 Å². The molecule has 0 unspecified atom stereocenters. The minimum Gasteiger partial charge on any atom is -0.494 e. The summed E-state index contributed by atoms with van der Waals surface area (Å²) < 4.78 is 11.1. The Morgan fingerprint density at radius 2 is 1.76 bits per heavy atom. The first-order valence-electron chi connectivity index (χ1n) is 12.4. The lowest BCUT2D eigenvalue weighted by atomic mass is 10.1. The lowest BCUT2D eigenvalue weighted by Gasteiger charge is -2.26. The van der Waals surface area contributed by atoms with Gasteiger partial charge in [-0.1, -0.05) is 0 Å². The van der Waals surface area contributed by atoms with Gasteiger partial charge in [0, 0.05) is 37.7 Å². The first kappa shape index (κ1) is 26.0. The number of hydrogen-bond donors (Lipinski definition) is 1. The lowest BCUT2D eigenvalue weighted by molar-refractivity contribution is -0.132. The van der Waals surface area contributed by atoms with Crippen molar-refractivity contribution in [3.05, 3.63) is 29.8 Å². The Bertz CT molecular complexity index is 845. The van der Waals surface area contributed by atoms with Crippen LogP contribution in [-0.4, -0.2) is 78.6 Å². The van der Waals surface area contributed by atoms with Crippen LogP contribution in [-0.2, 0) is 9.53 Å². The molecule has 34 heavy (non-hydrogen) atoms. The molecule has 0 aromatic heterocycles. The van der Waals surface area contributed by atoms with E-state index in [4.69, 9.17) is 9.47 Å². The third-order valence-corrected chi connectivity index (χ3v) is 5.98. The van der Waals surface area contributed by atoms with E-state index in [1.54, 1.807) is 27.7 Å². The number of benzene rings is 1. The molecule has 1 aliphatic carbocycles. The minimum absolute atomic E-state index is 0.0837. The molecule has 188 valence electrons. The van der Waals surface area contributed by atoms with Crippen molar-refractivity contribution in [2.45, 2.75) is 65.0 Å². The van der Waals surface area contributed by atoms with Gasteiger partial charge >= 0.3 is 6.09 Å². The van der Waals surface area contributed by atoms with Crippen LogP contribution >= 0.6 is 0 Å². The van der Waals surface area contributed by atoms with Crippen molar-refractivity contribution >= 4 is 17.8 Å². The molecule has 1 aromatic rings. The van der Waals surface area contributed by atoms with Gasteiger partial charge < -0.3 is 24.6 Å². The highest BCUT2D eigenvalue weighted by molar-refractivity contribution is 5.99. The molecule has 1 atom stereocenters. The van der Waals surface area contributed by atoms with E-state index in [-0.39, 0.29) is 17.6 Å². The summed E-state index contributed by atoms with van der Waals surface area (Å²) in [6, 6.07) is 6.83. The highest BCUT2D eigenvalue weighted by Crippen LogP contribution is 2.32. The topological polar surface area (TPSA) is 88.2 Å². The molecule has 1 saturated heterocycles. The number of carbonyl (C=O) groups is 3. The molecule has 2 fully saturated rings. The maximum atomic E-state index is 12.8. The number of nitrogens with one attached hydrogen (secondary N) is 1. The average Bonchev–Trinajstić information content (AvgIpc) is 3.62. The summed E-state index contributed by atoms with van der Waals surface area (Å²) in [4.78, 5) is 41.0. The van der Waals surface area contributed by atoms with Gasteiger partial charge in [-0.05, 0) is 84.2 Å². The van der Waals surface area contributed by atoms with Crippen molar-refractivity contribution in [3.63, 3.8) is 0 Å². The van der Waals surface area contributed by atoms with Gasteiger partial charge in [-0.3, -0.25) is 9.59 Å². The van der Waals surface area contributed by atoms with Gasteiger partial charge in [0.25, 0.3) is 0 Å². The quantitative estimate of drug-likeness (QED) is 0.436. The number of ether oxygens (including phenoxy) is 2. The second-order valence-electron chi connectivity index (χ2n) is 10.3. The molecule has 1 aliphatic heterocycles. The summed E-state index contributed by atoms with van der Waals surface area (Å²) in [7, 11) is 0. The molecule has 0 radical (unpaired) electrons. The fraction of sp³-hybridized carbons (Fsp3) is 0.654. The average molecular weight is 474 g/mol. The molecular formula is C26H39N3O5. The molecule has 1 aromatic carbocycles. The SMILES string of the molecule is C[C@@H](NC(=O)OC(C)(C)C)C(=O)N1CCCN(CCCOc2ccc(C(=O)C3CC3)cc2)CC1. The van der Waals surface area contributed by atoms with Crippen LogP contribution in [0.4, 0.5) is 4.79 Å². The lowest BCUT2D eigenvalue weighted by Crippen LogP contribution is -2.49. The zero-order valence-corrected chi connectivity index (χ0v) is 21.0. The van der Waals surface area contributed by atoms with Gasteiger partial charge in [0.2, 0.25) is 5.91 Å². The molecular weight excluding hydrogens is 434 g/mol. The third kappa shape index (κ3) is 8.31. The standard InChI is InChI=1S/C26H39N3O5/c1-19(27-25(32)34-26(2,3)4)24(31)29-15-5-13-28(16-17-29)14-6-18-33-22-11-9-21(10-12-22)23(30)20-7-8-20/h9-12,19-20H,5-8,13-18H2,1-4H3,(H,27,32)/t19-/m1/s1. The number of Topliss-reactive ketones (excluding diaryl/α,β-unsaturated/α-hetero) is 1. The number of nitrogens with zero attached hydrogens (tertiary/aromatic N) is 2. The Hall–Kier alpha value is -2.61. The fourth-order valence-corrected chi connectivity index (χ4v) is 4.01. The van der Waals surface area contributed by atoms with Crippen molar-refractivity contribution < 1.29 is 23.9 Å². The van der Waals surface area contributed by atoms with Crippen molar-refractivity contribution in [3.8, 4) is 5.75 Å². The molecule has 1 heterocycles. The van der Waals surface area contributed by atoms with E-state index in [1.807, 2.05) is 29.2 Å². The largest absolute Gasteiger partial charge is 0.494 e. The van der Waals surface area contributed by atoms with Crippen LogP contribution in [0.3, 0.4) is 0 Å². The first-order valence-corrected chi connectivity index (χ1v) is 12.4. The van der Waals surface area contributed by atoms with Crippen LogP contribution in [0.1, 0.15) is 63.7 Å². The molecule has 1 N–H and O–H groups in total. The Labute approximate surface area is 202 Å². The second kappa shape index (κ2) is 11.7. The van der Waals surface area contributed by atoms with Crippen LogP contribution in [0.5, 0.6) is 5.75 Å². The van der Waals surface area contributed by atoms with Gasteiger partial charge in [-0.2, -0.15) is 0 Å². The molecule has 0 spiro atoms. The van der Waals surface area contributed by atoms with E-state index < -0.39 is 17.7 Å². The van der Waals surface area contributed by atoms with E-state index in [0.717, 1.165) is 56.6 Å². The van der Waals surface area contributed by atoms with Crippen molar-refractivity contribution in [2.24, 2.45) is 5.92 Å². The maximum absolute atomic E-state index is 12.8. The molecule has 8 nitrogen and oxygen atoms in total. The minimum atomic E-state index is -0.624. The van der Waals surface area contributed by atoms with Crippen LogP contribution in [0, 0.1) is 5.92 Å². The van der Waals surface area contributed by atoms with Crippen LogP contribution < -0.4 is 10.1 Å². The monoisotopic (exact) mass is 473 g/mol. The van der Waals surface area contributed by atoms with E-state index in [9.17, 15) is 14.4 Å². The van der Waals surface area contributed by atoms with Gasteiger partial charge in [-0.15, -0.1) is 0 Å². The van der Waals surface area contributed by atoms with E-state index in [1.165, 1.54) is 0 Å². The highest BCUT2D eigenvalue weighted by Gasteiger charge is 2.30. The third-order valence-electron chi connectivity index (χ3n) is 5.98. The molecule has 8 heteroatoms. The van der Waals surface area contributed by atoms with Crippen LogP contribution in [0.2, 0.25) is 0 Å². The second-order valence-corrected chi connectivity index (χ2v) is 10.3. The zero-order valence-electron chi connectivity index (χ0n) is 21.0. The molecule has 0 bridgehead atoms. The van der Waals surface area contributed by atoms with Crippen LogP contribution in [0.15, 0.2) is 24.3 Å². The summed E-state index contributed by atoms with van der Waals surface area (Å²) in [6.07, 6.45) is 3.23. The van der Waals surface area contributed by atoms with Crippen LogP contribution in [0.25, 0.3) is 0 Å². The number of alkyl carbamates (subject to hydrolysis) is 1. The Morgan fingerprint density at radius 1 is 1.06 bits per heavy atom. The van der Waals surface area contributed by atoms with Gasteiger partial charge in [0.05, 0.1) is 6.61 Å².